The number of halogens is 1. The molecule has 4 heteroatoms. The van der Waals surface area contributed by atoms with E-state index in [2.05, 4.69) is 4.90 Å². The molecule has 94 valence electrons. The molecule has 0 amide bonds. The lowest BCUT2D eigenvalue weighted by atomic mass is 10.1. The van der Waals surface area contributed by atoms with Crippen LogP contribution in [0.4, 0.5) is 10.1 Å². The van der Waals surface area contributed by atoms with Gasteiger partial charge in [0.25, 0.3) is 0 Å². The molecule has 0 bridgehead atoms. The van der Waals surface area contributed by atoms with Crippen molar-refractivity contribution in [1.82, 2.24) is 4.90 Å². The number of hydrogen-bond donors (Lipinski definition) is 1. The number of benzene rings is 1. The highest BCUT2D eigenvalue weighted by molar-refractivity contribution is 5.47. The summed E-state index contributed by atoms with van der Waals surface area (Å²) in [6.45, 7) is 2.39. The minimum atomic E-state index is -0.340. The third kappa shape index (κ3) is 3.17. The number of ether oxygens (including phenoxy) is 1. The fourth-order valence-corrected chi connectivity index (χ4v) is 2.21. The second-order valence-corrected chi connectivity index (χ2v) is 4.64. The van der Waals surface area contributed by atoms with Crippen LogP contribution in [0.25, 0.3) is 0 Å². The molecule has 17 heavy (non-hydrogen) atoms. The predicted octanol–water partition coefficient (Wildman–Crippen LogP) is 2.02. The molecule has 3 nitrogen and oxygen atoms in total. The van der Waals surface area contributed by atoms with Crippen LogP contribution in [0, 0.1) is 5.82 Å². The molecule has 1 fully saturated rings. The van der Waals surface area contributed by atoms with Gasteiger partial charge in [-0.15, -0.1) is 0 Å². The van der Waals surface area contributed by atoms with Crippen molar-refractivity contribution in [3.8, 4) is 0 Å². The summed E-state index contributed by atoms with van der Waals surface area (Å²) < 4.78 is 18.8. The summed E-state index contributed by atoms with van der Waals surface area (Å²) in [5, 5.41) is 0. The van der Waals surface area contributed by atoms with Gasteiger partial charge in [-0.25, -0.2) is 4.39 Å². The van der Waals surface area contributed by atoms with Crippen molar-refractivity contribution in [2.75, 3.05) is 25.9 Å². The van der Waals surface area contributed by atoms with Gasteiger partial charge in [0.2, 0.25) is 0 Å². The zero-order valence-corrected chi connectivity index (χ0v) is 10.2. The number of rotatable bonds is 4. The molecule has 1 aromatic rings. The smallest absolute Gasteiger partial charge is 0.146 e. The van der Waals surface area contributed by atoms with E-state index in [1.807, 2.05) is 13.1 Å². The summed E-state index contributed by atoms with van der Waals surface area (Å²) in [5.74, 6) is -0.340. The molecule has 1 atom stereocenters. The van der Waals surface area contributed by atoms with Gasteiger partial charge >= 0.3 is 0 Å². The SMILES string of the molecule is CN(Cc1cccc(F)c1N)CC1CCCO1. The van der Waals surface area contributed by atoms with Gasteiger partial charge in [-0.1, -0.05) is 12.1 Å². The van der Waals surface area contributed by atoms with Crippen LogP contribution in [0.2, 0.25) is 0 Å². The van der Waals surface area contributed by atoms with Crippen molar-refractivity contribution < 1.29 is 9.13 Å². The number of nitrogens with two attached hydrogens (primary N) is 1. The van der Waals surface area contributed by atoms with Crippen molar-refractivity contribution in [3.05, 3.63) is 29.6 Å². The Morgan fingerprint density at radius 2 is 2.35 bits per heavy atom. The van der Waals surface area contributed by atoms with Gasteiger partial charge in [-0.3, -0.25) is 4.90 Å². The zero-order chi connectivity index (χ0) is 12.3. The fourth-order valence-electron chi connectivity index (χ4n) is 2.21. The minimum absolute atomic E-state index is 0.256. The van der Waals surface area contributed by atoms with E-state index < -0.39 is 0 Å². The Kier molecular flexibility index (Phi) is 3.97. The Balaban J connectivity index is 1.93. The summed E-state index contributed by atoms with van der Waals surface area (Å²) >= 11 is 0. The summed E-state index contributed by atoms with van der Waals surface area (Å²) in [4.78, 5) is 2.13. The van der Waals surface area contributed by atoms with Crippen molar-refractivity contribution >= 4 is 5.69 Å². The van der Waals surface area contributed by atoms with Crippen molar-refractivity contribution in [2.24, 2.45) is 0 Å². The Morgan fingerprint density at radius 3 is 3.06 bits per heavy atom. The van der Waals surface area contributed by atoms with Crippen LogP contribution in [0.5, 0.6) is 0 Å². The van der Waals surface area contributed by atoms with E-state index in [9.17, 15) is 4.39 Å². The van der Waals surface area contributed by atoms with Crippen LogP contribution in [0.3, 0.4) is 0 Å². The van der Waals surface area contributed by atoms with Gasteiger partial charge in [0.1, 0.15) is 5.82 Å². The molecule has 0 aliphatic carbocycles. The monoisotopic (exact) mass is 238 g/mol. The van der Waals surface area contributed by atoms with Crippen molar-refractivity contribution in [3.63, 3.8) is 0 Å². The lowest BCUT2D eigenvalue weighted by Crippen LogP contribution is -2.28. The van der Waals surface area contributed by atoms with E-state index in [-0.39, 0.29) is 11.5 Å². The normalized spacial score (nSPS) is 20.1. The first-order valence-electron chi connectivity index (χ1n) is 6.00. The first-order chi connectivity index (χ1) is 8.16. The number of hydrogen-bond acceptors (Lipinski definition) is 3. The summed E-state index contributed by atoms with van der Waals surface area (Å²) in [7, 11) is 2.01. The van der Waals surface area contributed by atoms with Crippen LogP contribution in [0.1, 0.15) is 18.4 Å². The van der Waals surface area contributed by atoms with Gasteiger partial charge in [-0.2, -0.15) is 0 Å². The van der Waals surface area contributed by atoms with E-state index in [1.165, 1.54) is 6.07 Å². The largest absolute Gasteiger partial charge is 0.396 e. The van der Waals surface area contributed by atoms with Gasteiger partial charge < -0.3 is 10.5 Å². The van der Waals surface area contributed by atoms with Crippen molar-refractivity contribution in [1.29, 1.82) is 0 Å². The highest BCUT2D eigenvalue weighted by Gasteiger charge is 2.17. The average molecular weight is 238 g/mol. The molecule has 1 unspecified atom stereocenters. The minimum Gasteiger partial charge on any atom is -0.396 e. The third-order valence-electron chi connectivity index (χ3n) is 3.12. The van der Waals surface area contributed by atoms with E-state index in [4.69, 9.17) is 10.5 Å². The number of nitrogens with zero attached hydrogens (tertiary/aromatic N) is 1. The lowest BCUT2D eigenvalue weighted by molar-refractivity contribution is 0.0793. The van der Waals surface area contributed by atoms with Crippen LogP contribution >= 0.6 is 0 Å². The number of likely N-dealkylation sites (N-methyl/N-ethyl adjacent to an activating group) is 1. The third-order valence-corrected chi connectivity index (χ3v) is 3.12. The van der Waals surface area contributed by atoms with Gasteiger partial charge in [-0.05, 0) is 31.5 Å². The lowest BCUT2D eigenvalue weighted by Gasteiger charge is -2.21. The predicted molar refractivity (Wildman–Crippen MR) is 66.1 cm³/mol. The number of nitrogen functional groups attached to an aromatic ring is 1. The van der Waals surface area contributed by atoms with Crippen LogP contribution in [-0.2, 0) is 11.3 Å². The zero-order valence-electron chi connectivity index (χ0n) is 10.2. The molecule has 1 heterocycles. The first-order valence-corrected chi connectivity index (χ1v) is 6.00. The van der Waals surface area contributed by atoms with Crippen LogP contribution < -0.4 is 5.73 Å². The number of para-hydroxylation sites is 1. The molecule has 2 rings (SSSR count). The van der Waals surface area contributed by atoms with E-state index in [0.717, 1.165) is 31.6 Å². The highest BCUT2D eigenvalue weighted by Crippen LogP contribution is 2.19. The summed E-state index contributed by atoms with van der Waals surface area (Å²) in [5.41, 5.74) is 6.80. The molecule has 0 radical (unpaired) electrons. The standard InChI is InChI=1S/C13H19FN2O/c1-16(9-11-5-3-7-17-11)8-10-4-2-6-12(14)13(10)15/h2,4,6,11H,3,5,7-9,15H2,1H3. The maximum absolute atomic E-state index is 13.3. The molecule has 1 aliphatic rings. The Morgan fingerprint density at radius 1 is 1.53 bits per heavy atom. The van der Waals surface area contributed by atoms with Crippen molar-refractivity contribution in [2.45, 2.75) is 25.5 Å². The maximum atomic E-state index is 13.3. The summed E-state index contributed by atoms with van der Waals surface area (Å²) in [6, 6.07) is 4.95. The van der Waals surface area contributed by atoms with E-state index >= 15 is 0 Å². The first kappa shape index (κ1) is 12.3. The Bertz CT molecular complexity index is 378. The van der Waals surface area contributed by atoms with E-state index in [1.54, 1.807) is 6.07 Å². The quantitative estimate of drug-likeness (QED) is 0.816. The topological polar surface area (TPSA) is 38.5 Å². The second kappa shape index (κ2) is 5.47. The molecule has 0 aromatic heterocycles. The average Bonchev–Trinajstić information content (AvgIpc) is 2.77. The number of anilines is 1. The Labute approximate surface area is 101 Å². The molecular weight excluding hydrogens is 219 g/mol. The molecule has 1 aliphatic heterocycles. The van der Waals surface area contributed by atoms with Gasteiger partial charge in [0, 0.05) is 19.7 Å². The molecule has 1 saturated heterocycles. The van der Waals surface area contributed by atoms with Crippen LogP contribution in [-0.4, -0.2) is 31.2 Å². The molecule has 1 aromatic carbocycles. The second-order valence-electron chi connectivity index (χ2n) is 4.64. The fraction of sp³-hybridized carbons (Fsp3) is 0.538. The van der Waals surface area contributed by atoms with Crippen LogP contribution in [0.15, 0.2) is 18.2 Å². The molecule has 0 saturated carbocycles. The Hall–Kier alpha value is -1.13. The summed E-state index contributed by atoms with van der Waals surface area (Å²) in [6.07, 6.45) is 2.57. The molecular formula is C13H19FN2O. The van der Waals surface area contributed by atoms with E-state index in [0.29, 0.717) is 12.6 Å². The maximum Gasteiger partial charge on any atom is 0.146 e. The van der Waals surface area contributed by atoms with Gasteiger partial charge in [0.15, 0.2) is 0 Å². The van der Waals surface area contributed by atoms with Gasteiger partial charge in [0.05, 0.1) is 11.8 Å². The molecule has 2 N–H and O–H groups in total. The molecule has 0 spiro atoms. The highest BCUT2D eigenvalue weighted by atomic mass is 19.1.